The Balaban J connectivity index is 2.16. The average Bonchev–Trinajstić information content (AvgIpc) is 2.36. The Morgan fingerprint density at radius 2 is 1.89 bits per heavy atom. The van der Waals surface area contributed by atoms with E-state index in [4.69, 9.17) is 14.0 Å². The summed E-state index contributed by atoms with van der Waals surface area (Å²) in [6.07, 6.45) is 1.46. The molecule has 1 aromatic heterocycles. The SMILES string of the molecule is COc1ccc(B2OC(=O)CN(C)CC(=O)O2)nc1. The van der Waals surface area contributed by atoms with Gasteiger partial charge in [-0.25, -0.2) is 0 Å². The summed E-state index contributed by atoms with van der Waals surface area (Å²) in [6.45, 7) is 0.0590. The van der Waals surface area contributed by atoms with Gasteiger partial charge < -0.3 is 14.0 Å². The second-order valence-corrected chi connectivity index (χ2v) is 4.11. The highest BCUT2D eigenvalue weighted by molar-refractivity contribution is 6.63. The number of nitrogens with zero attached hydrogens (tertiary/aromatic N) is 2. The van der Waals surface area contributed by atoms with Gasteiger partial charge in [0.2, 0.25) is 0 Å². The lowest BCUT2D eigenvalue weighted by Crippen LogP contribution is -2.48. The first-order chi connectivity index (χ1) is 9.08. The number of carbonyl (C=O) groups is 2. The highest BCUT2D eigenvalue weighted by Gasteiger charge is 2.34. The second-order valence-electron chi connectivity index (χ2n) is 4.11. The molecule has 0 unspecified atom stereocenters. The third kappa shape index (κ3) is 3.44. The van der Waals surface area contributed by atoms with Crippen molar-refractivity contribution in [3.63, 3.8) is 0 Å². The van der Waals surface area contributed by atoms with Crippen LogP contribution in [0, 0.1) is 0 Å². The molecule has 7 nitrogen and oxygen atoms in total. The van der Waals surface area contributed by atoms with Gasteiger partial charge in [-0.2, -0.15) is 0 Å². The quantitative estimate of drug-likeness (QED) is 0.622. The maximum atomic E-state index is 11.6. The van der Waals surface area contributed by atoms with E-state index in [0.29, 0.717) is 11.3 Å². The third-order valence-corrected chi connectivity index (χ3v) is 2.51. The summed E-state index contributed by atoms with van der Waals surface area (Å²) < 4.78 is 15.1. The summed E-state index contributed by atoms with van der Waals surface area (Å²) >= 11 is 0. The molecule has 2 heterocycles. The van der Waals surface area contributed by atoms with Crippen LogP contribution in [0.1, 0.15) is 0 Å². The van der Waals surface area contributed by atoms with Crippen molar-refractivity contribution in [3.8, 4) is 5.75 Å². The smallest absolute Gasteiger partial charge is 0.495 e. The monoisotopic (exact) mass is 264 g/mol. The van der Waals surface area contributed by atoms with Gasteiger partial charge in [-0.05, 0) is 19.2 Å². The maximum absolute atomic E-state index is 11.6. The van der Waals surface area contributed by atoms with Gasteiger partial charge in [0.1, 0.15) is 11.3 Å². The van der Waals surface area contributed by atoms with Crippen LogP contribution in [0.2, 0.25) is 0 Å². The predicted octanol–water partition coefficient (Wildman–Crippen LogP) is -1.18. The molecule has 8 heteroatoms. The van der Waals surface area contributed by atoms with Crippen LogP contribution in [-0.4, -0.2) is 56.2 Å². The third-order valence-electron chi connectivity index (χ3n) is 2.51. The van der Waals surface area contributed by atoms with Crippen molar-refractivity contribution in [2.24, 2.45) is 0 Å². The molecule has 0 N–H and O–H groups in total. The molecule has 2 rings (SSSR count). The molecule has 1 aliphatic heterocycles. The van der Waals surface area contributed by atoms with Gasteiger partial charge in [0.25, 0.3) is 0 Å². The number of ether oxygens (including phenoxy) is 1. The summed E-state index contributed by atoms with van der Waals surface area (Å²) in [5.41, 5.74) is 0.340. The van der Waals surface area contributed by atoms with Gasteiger partial charge in [0, 0.05) is 0 Å². The Bertz CT molecular complexity index is 458. The number of aromatic nitrogens is 1. The molecule has 100 valence electrons. The predicted molar refractivity (Wildman–Crippen MR) is 65.9 cm³/mol. The maximum Gasteiger partial charge on any atom is 0.656 e. The van der Waals surface area contributed by atoms with E-state index in [1.165, 1.54) is 18.2 Å². The van der Waals surface area contributed by atoms with E-state index < -0.39 is 19.1 Å². The standard InChI is InChI=1S/C11H13BN2O5/c1-14-6-10(15)18-12(19-11(16)7-14)9-4-3-8(17-2)5-13-9/h3-5H,6-7H2,1-2H3. The fraction of sp³-hybridized carbons (Fsp3) is 0.364. The van der Waals surface area contributed by atoms with Crippen LogP contribution in [-0.2, 0) is 18.9 Å². The first-order valence-corrected chi connectivity index (χ1v) is 5.66. The second kappa shape index (κ2) is 5.70. The molecule has 0 atom stereocenters. The van der Waals surface area contributed by atoms with Gasteiger partial charge in [0.05, 0.1) is 26.4 Å². The van der Waals surface area contributed by atoms with Crippen LogP contribution in [0.5, 0.6) is 5.75 Å². The summed E-state index contributed by atoms with van der Waals surface area (Å²) in [7, 11) is 2.04. The average molecular weight is 264 g/mol. The molecule has 0 spiro atoms. The molecule has 19 heavy (non-hydrogen) atoms. The number of hydrogen-bond acceptors (Lipinski definition) is 7. The minimum atomic E-state index is -1.11. The van der Waals surface area contributed by atoms with E-state index in [1.807, 2.05) is 0 Å². The molecule has 1 aromatic rings. The molecular weight excluding hydrogens is 251 g/mol. The summed E-state index contributed by atoms with van der Waals surface area (Å²) in [4.78, 5) is 28.7. The number of rotatable bonds is 2. The lowest BCUT2D eigenvalue weighted by atomic mass is 9.83. The number of hydrogen-bond donors (Lipinski definition) is 0. The summed E-state index contributed by atoms with van der Waals surface area (Å²) in [6, 6.07) is 3.23. The number of methoxy groups -OCH3 is 1. The zero-order valence-electron chi connectivity index (χ0n) is 10.7. The van der Waals surface area contributed by atoms with E-state index in [-0.39, 0.29) is 13.1 Å². The Kier molecular flexibility index (Phi) is 4.01. The van der Waals surface area contributed by atoms with Gasteiger partial charge in [-0.3, -0.25) is 19.5 Å². The van der Waals surface area contributed by atoms with Gasteiger partial charge in [-0.15, -0.1) is 0 Å². The van der Waals surface area contributed by atoms with Crippen LogP contribution in [0.4, 0.5) is 0 Å². The number of carbonyl (C=O) groups excluding carboxylic acids is 2. The van der Waals surface area contributed by atoms with Gasteiger partial charge in [0.15, 0.2) is 0 Å². The minimum Gasteiger partial charge on any atom is -0.495 e. The Labute approximate surface area is 110 Å². The molecule has 1 saturated heterocycles. The van der Waals surface area contributed by atoms with Gasteiger partial charge >= 0.3 is 19.1 Å². The Morgan fingerprint density at radius 1 is 1.26 bits per heavy atom. The molecule has 0 bridgehead atoms. The Hall–Kier alpha value is -2.09. The first kappa shape index (κ1) is 13.3. The molecule has 1 fully saturated rings. The Morgan fingerprint density at radius 3 is 2.37 bits per heavy atom. The number of pyridine rings is 1. The molecular formula is C11H13BN2O5. The van der Waals surface area contributed by atoms with Crippen molar-refractivity contribution in [2.45, 2.75) is 0 Å². The van der Waals surface area contributed by atoms with E-state index >= 15 is 0 Å². The zero-order chi connectivity index (χ0) is 13.8. The van der Waals surface area contributed by atoms with E-state index in [0.717, 1.165) is 0 Å². The van der Waals surface area contributed by atoms with Crippen LogP contribution >= 0.6 is 0 Å². The van der Waals surface area contributed by atoms with Crippen molar-refractivity contribution < 1.29 is 23.6 Å². The summed E-state index contributed by atoms with van der Waals surface area (Å²) in [5, 5.41) is 0. The minimum absolute atomic E-state index is 0.0295. The van der Waals surface area contributed by atoms with E-state index in [2.05, 4.69) is 4.98 Å². The van der Waals surface area contributed by atoms with Crippen LogP contribution in [0.15, 0.2) is 18.3 Å². The normalized spacial score (nSPS) is 17.3. The molecule has 0 radical (unpaired) electrons. The van der Waals surface area contributed by atoms with Crippen molar-refractivity contribution in [1.82, 2.24) is 9.88 Å². The van der Waals surface area contributed by atoms with Gasteiger partial charge in [-0.1, -0.05) is 0 Å². The van der Waals surface area contributed by atoms with Crippen molar-refractivity contribution in [2.75, 3.05) is 27.2 Å². The summed E-state index contributed by atoms with van der Waals surface area (Å²) in [5.74, 6) is -0.387. The van der Waals surface area contributed by atoms with Crippen molar-refractivity contribution in [3.05, 3.63) is 18.3 Å². The molecule has 0 aromatic carbocycles. The lowest BCUT2D eigenvalue weighted by molar-refractivity contribution is -0.145. The highest BCUT2D eigenvalue weighted by atomic mass is 16.6. The fourth-order valence-corrected chi connectivity index (χ4v) is 1.61. The van der Waals surface area contributed by atoms with E-state index in [9.17, 15) is 9.59 Å². The molecule has 0 amide bonds. The van der Waals surface area contributed by atoms with Crippen molar-refractivity contribution >= 4 is 24.7 Å². The highest BCUT2D eigenvalue weighted by Crippen LogP contribution is 2.05. The van der Waals surface area contributed by atoms with Crippen LogP contribution in [0.25, 0.3) is 0 Å². The van der Waals surface area contributed by atoms with Crippen LogP contribution in [0.3, 0.4) is 0 Å². The van der Waals surface area contributed by atoms with Crippen LogP contribution < -0.4 is 10.3 Å². The zero-order valence-corrected chi connectivity index (χ0v) is 10.7. The first-order valence-electron chi connectivity index (χ1n) is 5.66. The largest absolute Gasteiger partial charge is 0.656 e. The lowest BCUT2D eigenvalue weighted by Gasteiger charge is -2.22. The van der Waals surface area contributed by atoms with E-state index in [1.54, 1.807) is 19.2 Å². The topological polar surface area (TPSA) is 78.0 Å². The van der Waals surface area contributed by atoms with Crippen molar-refractivity contribution in [1.29, 1.82) is 0 Å². The fourth-order valence-electron chi connectivity index (χ4n) is 1.61. The molecule has 1 aliphatic rings. The molecule has 0 saturated carbocycles. The number of likely N-dealkylation sites (N-methyl/N-ethyl adjacent to an activating group) is 1. The molecule has 0 aliphatic carbocycles.